The highest BCUT2D eigenvalue weighted by Crippen LogP contribution is 2.33. The van der Waals surface area contributed by atoms with Gasteiger partial charge in [0, 0.05) is 25.7 Å². The molecule has 2 saturated heterocycles. The van der Waals surface area contributed by atoms with Gasteiger partial charge in [0.15, 0.2) is 0 Å². The highest BCUT2D eigenvalue weighted by molar-refractivity contribution is 4.99. The number of piperidine rings is 1. The standard InChI is InChI=1S/C19H30N6O2/c1-14(2)11-25-17(20-13-21-25)12-24-8-4-3-5-16(24)19-23-22-18(27-19)15-6-9-26-10-7-15/h13-16H,3-12H2,1-2H3/t16-/m1/s1. The van der Waals surface area contributed by atoms with Crippen LogP contribution in [0, 0.1) is 5.92 Å². The Bertz CT molecular complexity index is 721. The molecule has 148 valence electrons. The summed E-state index contributed by atoms with van der Waals surface area (Å²) in [7, 11) is 0. The van der Waals surface area contributed by atoms with Crippen molar-refractivity contribution in [3.63, 3.8) is 0 Å². The van der Waals surface area contributed by atoms with Gasteiger partial charge in [-0.2, -0.15) is 5.10 Å². The maximum atomic E-state index is 6.14. The molecule has 0 N–H and O–H groups in total. The summed E-state index contributed by atoms with van der Waals surface area (Å²) >= 11 is 0. The Balaban J connectivity index is 1.48. The molecule has 4 heterocycles. The molecule has 0 saturated carbocycles. The Morgan fingerprint density at radius 1 is 1.11 bits per heavy atom. The van der Waals surface area contributed by atoms with Gasteiger partial charge in [0.25, 0.3) is 0 Å². The molecule has 0 spiro atoms. The van der Waals surface area contributed by atoms with E-state index in [1.165, 1.54) is 12.8 Å². The minimum Gasteiger partial charge on any atom is -0.423 e. The second-order valence-electron chi connectivity index (χ2n) is 8.10. The number of aromatic nitrogens is 5. The molecule has 1 atom stereocenters. The van der Waals surface area contributed by atoms with Crippen LogP contribution in [0.2, 0.25) is 0 Å². The van der Waals surface area contributed by atoms with Crippen LogP contribution in [0.15, 0.2) is 10.7 Å². The minimum absolute atomic E-state index is 0.170. The second kappa shape index (κ2) is 8.48. The molecule has 2 aromatic heterocycles. The first-order valence-electron chi connectivity index (χ1n) is 10.2. The third-order valence-electron chi connectivity index (χ3n) is 5.50. The van der Waals surface area contributed by atoms with E-state index in [1.807, 2.05) is 4.68 Å². The Morgan fingerprint density at radius 3 is 2.74 bits per heavy atom. The Morgan fingerprint density at radius 2 is 1.93 bits per heavy atom. The monoisotopic (exact) mass is 374 g/mol. The van der Waals surface area contributed by atoms with Crippen LogP contribution in [0.1, 0.15) is 75.5 Å². The summed E-state index contributed by atoms with van der Waals surface area (Å²) in [5.74, 6) is 3.43. The van der Waals surface area contributed by atoms with Crippen molar-refractivity contribution in [2.45, 2.75) is 71.0 Å². The molecule has 0 unspecified atom stereocenters. The van der Waals surface area contributed by atoms with Gasteiger partial charge in [0.1, 0.15) is 12.2 Å². The summed E-state index contributed by atoms with van der Waals surface area (Å²) in [4.78, 5) is 6.92. The first-order valence-corrected chi connectivity index (χ1v) is 10.2. The summed E-state index contributed by atoms with van der Waals surface area (Å²) in [5.41, 5.74) is 0. The van der Waals surface area contributed by atoms with Crippen molar-refractivity contribution >= 4 is 0 Å². The molecule has 0 aliphatic carbocycles. The van der Waals surface area contributed by atoms with Crippen molar-refractivity contribution in [1.29, 1.82) is 0 Å². The van der Waals surface area contributed by atoms with Crippen molar-refractivity contribution in [3.05, 3.63) is 23.9 Å². The van der Waals surface area contributed by atoms with Gasteiger partial charge in [-0.05, 0) is 38.1 Å². The lowest BCUT2D eigenvalue weighted by molar-refractivity contribution is 0.0765. The predicted octanol–water partition coefficient (Wildman–Crippen LogP) is 2.94. The van der Waals surface area contributed by atoms with Crippen LogP contribution in [0.3, 0.4) is 0 Å². The molecule has 2 fully saturated rings. The average molecular weight is 374 g/mol. The molecule has 8 heteroatoms. The summed E-state index contributed by atoms with van der Waals surface area (Å²) < 4.78 is 13.6. The van der Waals surface area contributed by atoms with Gasteiger partial charge in [-0.25, -0.2) is 9.67 Å². The third kappa shape index (κ3) is 4.38. The molecule has 4 rings (SSSR count). The summed E-state index contributed by atoms with van der Waals surface area (Å²) in [5, 5.41) is 13.2. The lowest BCUT2D eigenvalue weighted by atomic mass is 10.0. The fraction of sp³-hybridized carbons (Fsp3) is 0.789. The van der Waals surface area contributed by atoms with Crippen LogP contribution < -0.4 is 0 Å². The maximum Gasteiger partial charge on any atom is 0.233 e. The summed E-state index contributed by atoms with van der Waals surface area (Å²) in [6.07, 6.45) is 7.02. The molecule has 27 heavy (non-hydrogen) atoms. The molecule has 2 aromatic rings. The molecule has 2 aliphatic heterocycles. The third-order valence-corrected chi connectivity index (χ3v) is 5.50. The predicted molar refractivity (Wildman–Crippen MR) is 99.0 cm³/mol. The molecular formula is C19H30N6O2. The minimum atomic E-state index is 0.170. The van der Waals surface area contributed by atoms with E-state index in [0.29, 0.717) is 11.8 Å². The topological polar surface area (TPSA) is 82.1 Å². The van der Waals surface area contributed by atoms with E-state index in [2.05, 4.69) is 39.0 Å². The average Bonchev–Trinajstić information content (AvgIpc) is 3.33. The molecule has 8 nitrogen and oxygen atoms in total. The van der Waals surface area contributed by atoms with Crippen molar-refractivity contribution in [1.82, 2.24) is 29.9 Å². The number of rotatable bonds is 6. The first kappa shape index (κ1) is 18.6. The van der Waals surface area contributed by atoms with Crippen molar-refractivity contribution in [2.24, 2.45) is 5.92 Å². The Kier molecular flexibility index (Phi) is 5.83. The second-order valence-corrected chi connectivity index (χ2v) is 8.10. The van der Waals surface area contributed by atoms with E-state index < -0.39 is 0 Å². The van der Waals surface area contributed by atoms with Crippen LogP contribution in [0.4, 0.5) is 0 Å². The van der Waals surface area contributed by atoms with Gasteiger partial charge in [-0.3, -0.25) is 4.90 Å². The zero-order chi connectivity index (χ0) is 18.6. The van der Waals surface area contributed by atoms with Gasteiger partial charge in [0.05, 0.1) is 12.6 Å². The number of hydrogen-bond donors (Lipinski definition) is 0. The van der Waals surface area contributed by atoms with E-state index in [0.717, 1.165) is 69.7 Å². The van der Waals surface area contributed by atoms with E-state index in [9.17, 15) is 0 Å². The lowest BCUT2D eigenvalue weighted by Gasteiger charge is -2.33. The molecule has 0 amide bonds. The molecule has 0 radical (unpaired) electrons. The molecule has 0 bridgehead atoms. The quantitative estimate of drug-likeness (QED) is 0.769. The van der Waals surface area contributed by atoms with Crippen molar-refractivity contribution in [2.75, 3.05) is 19.8 Å². The first-order chi connectivity index (χ1) is 13.2. The fourth-order valence-electron chi connectivity index (χ4n) is 4.04. The summed E-state index contributed by atoms with van der Waals surface area (Å²) in [6, 6.07) is 0.170. The maximum absolute atomic E-state index is 6.14. The van der Waals surface area contributed by atoms with Crippen LogP contribution in [-0.2, 0) is 17.8 Å². The molecule has 2 aliphatic rings. The highest BCUT2D eigenvalue weighted by atomic mass is 16.5. The number of likely N-dealkylation sites (tertiary alicyclic amines) is 1. The van der Waals surface area contributed by atoms with Crippen LogP contribution in [0.25, 0.3) is 0 Å². The smallest absolute Gasteiger partial charge is 0.233 e. The van der Waals surface area contributed by atoms with Crippen molar-refractivity contribution < 1.29 is 9.15 Å². The van der Waals surface area contributed by atoms with E-state index in [1.54, 1.807) is 6.33 Å². The Labute approximate surface area is 160 Å². The van der Waals surface area contributed by atoms with Crippen LogP contribution in [-0.4, -0.2) is 49.6 Å². The van der Waals surface area contributed by atoms with E-state index >= 15 is 0 Å². The fourth-order valence-corrected chi connectivity index (χ4v) is 4.04. The van der Waals surface area contributed by atoms with Gasteiger partial charge in [0.2, 0.25) is 11.8 Å². The number of ether oxygens (including phenoxy) is 1. The van der Waals surface area contributed by atoms with Crippen molar-refractivity contribution in [3.8, 4) is 0 Å². The normalized spacial score (nSPS) is 22.6. The van der Waals surface area contributed by atoms with Crippen LogP contribution in [0.5, 0.6) is 0 Å². The zero-order valence-electron chi connectivity index (χ0n) is 16.4. The summed E-state index contributed by atoms with van der Waals surface area (Å²) in [6.45, 7) is 8.65. The van der Waals surface area contributed by atoms with Gasteiger partial charge in [-0.1, -0.05) is 20.3 Å². The Hall–Kier alpha value is -1.80. The highest BCUT2D eigenvalue weighted by Gasteiger charge is 2.31. The van der Waals surface area contributed by atoms with Gasteiger partial charge < -0.3 is 9.15 Å². The number of hydrogen-bond acceptors (Lipinski definition) is 7. The van der Waals surface area contributed by atoms with Gasteiger partial charge >= 0.3 is 0 Å². The van der Waals surface area contributed by atoms with E-state index in [4.69, 9.17) is 9.15 Å². The van der Waals surface area contributed by atoms with Crippen LogP contribution >= 0.6 is 0 Å². The molecular weight excluding hydrogens is 344 g/mol. The van der Waals surface area contributed by atoms with E-state index in [-0.39, 0.29) is 6.04 Å². The zero-order valence-corrected chi connectivity index (χ0v) is 16.4. The molecule has 0 aromatic carbocycles. The lowest BCUT2D eigenvalue weighted by Crippen LogP contribution is -2.34. The SMILES string of the molecule is CC(C)Cn1ncnc1CN1CCCC[C@@H]1c1nnc(C2CCOCC2)o1. The largest absolute Gasteiger partial charge is 0.423 e. The number of nitrogens with zero attached hydrogens (tertiary/aromatic N) is 6. The van der Waals surface area contributed by atoms with Gasteiger partial charge in [-0.15, -0.1) is 10.2 Å².